The summed E-state index contributed by atoms with van der Waals surface area (Å²) in [7, 11) is 0.767. The summed E-state index contributed by atoms with van der Waals surface area (Å²) in [6, 6.07) is 33.7. The molecule has 0 fully saturated rings. The summed E-state index contributed by atoms with van der Waals surface area (Å²) in [6.07, 6.45) is 0. The third-order valence-electron chi connectivity index (χ3n) is 5.48. The number of rotatable bonds is 7. The van der Waals surface area contributed by atoms with E-state index < -0.39 is 24.1 Å². The lowest BCUT2D eigenvalue weighted by Crippen LogP contribution is -2.13. The first-order chi connectivity index (χ1) is 22.3. The van der Waals surface area contributed by atoms with E-state index >= 15 is 0 Å². The molecule has 240 valence electrons. The highest BCUT2D eigenvalue weighted by Crippen LogP contribution is 2.36. The van der Waals surface area contributed by atoms with Crippen LogP contribution >= 0.6 is 21.4 Å². The molecule has 0 saturated carbocycles. The van der Waals surface area contributed by atoms with Gasteiger partial charge in [-0.3, -0.25) is 4.72 Å². The van der Waals surface area contributed by atoms with Crippen molar-refractivity contribution < 1.29 is 35.1 Å². The van der Waals surface area contributed by atoms with E-state index in [2.05, 4.69) is 26.1 Å². The molecule has 0 spiro atoms. The van der Waals surface area contributed by atoms with Gasteiger partial charge in [-0.1, -0.05) is 18.2 Å². The molecule has 0 heterocycles. The molecular formula is C32H21Cl2F2N3O6S2. The lowest BCUT2D eigenvalue weighted by molar-refractivity contribution is 0.461. The fraction of sp³-hybridized carbons (Fsp3) is 0. The predicted molar refractivity (Wildman–Crippen MR) is 173 cm³/mol. The van der Waals surface area contributed by atoms with Gasteiger partial charge in [-0.15, -0.1) is 0 Å². The molecule has 0 amide bonds. The van der Waals surface area contributed by atoms with E-state index in [9.17, 15) is 17.2 Å². The van der Waals surface area contributed by atoms with Crippen molar-refractivity contribution in [3.05, 3.63) is 144 Å². The second-order valence-corrected chi connectivity index (χ2v) is 14.2. The average Bonchev–Trinajstić information content (AvgIpc) is 3.03. The van der Waals surface area contributed by atoms with Crippen LogP contribution in [0.15, 0.2) is 126 Å². The highest BCUT2D eigenvalue weighted by atomic mass is 36.0. The molecule has 0 unspecified atom stereocenters. The molecule has 0 aliphatic rings. The van der Waals surface area contributed by atoms with Crippen LogP contribution in [0.2, 0.25) is 0 Å². The van der Waals surface area contributed by atoms with Crippen molar-refractivity contribution in [3.8, 4) is 35.1 Å². The third kappa shape index (κ3) is 13.0. The molecule has 0 bridgehead atoms. The van der Waals surface area contributed by atoms with Crippen molar-refractivity contribution in [2.24, 2.45) is 0 Å². The third-order valence-corrected chi connectivity index (χ3v) is 6.87. The van der Waals surface area contributed by atoms with Crippen LogP contribution in [0.3, 0.4) is 0 Å². The lowest BCUT2D eigenvalue weighted by Gasteiger charge is -2.15. The number of hydrogen-bond acceptors (Lipinski definition) is 8. The fourth-order valence-electron chi connectivity index (χ4n) is 3.43. The summed E-state index contributed by atoms with van der Waals surface area (Å²) < 4.78 is 83.4. The normalized spacial score (nSPS) is 10.4. The quantitative estimate of drug-likeness (QED) is 0.165. The number of anilines is 1. The zero-order valence-electron chi connectivity index (χ0n) is 23.7. The van der Waals surface area contributed by atoms with Crippen molar-refractivity contribution in [1.29, 1.82) is 10.5 Å². The zero-order chi connectivity index (χ0) is 34.5. The summed E-state index contributed by atoms with van der Waals surface area (Å²) in [5.41, 5.74) is 1.03. The Morgan fingerprint density at radius 2 is 1.04 bits per heavy atom. The Kier molecular flexibility index (Phi) is 13.1. The van der Waals surface area contributed by atoms with Crippen molar-refractivity contribution in [1.82, 2.24) is 0 Å². The topological polar surface area (TPSA) is 146 Å². The van der Waals surface area contributed by atoms with Gasteiger partial charge in [-0.05, 0) is 97.1 Å². The number of hydrogen-bond donors (Lipinski definition) is 1. The number of ether oxygens (including phenoxy) is 2. The Balaban J connectivity index is 0.000000421. The first-order valence-corrected chi connectivity index (χ1v) is 17.5. The minimum atomic E-state index is -4.05. The van der Waals surface area contributed by atoms with Crippen LogP contribution in [0, 0.1) is 34.3 Å². The number of sulfonamides is 1. The highest BCUT2D eigenvalue weighted by molar-refractivity contribution is 8.31. The standard InChI is InChI=1S/C26H16FN3O4S.C6H5F.Cl2O2S/c27-20-5-12-24(13-6-20)35(31,32)30-25-14-11-23(33-21-7-1-18(16-28)2-8-21)15-26(25)34-22-9-3-19(17-29)4-10-22;7-6-4-2-1-3-5-6;1-5(2,3)4/h1-15,30H;1-5H;. The highest BCUT2D eigenvalue weighted by Gasteiger charge is 2.18. The molecule has 0 aliphatic carbocycles. The van der Waals surface area contributed by atoms with Gasteiger partial charge in [0, 0.05) is 27.4 Å². The van der Waals surface area contributed by atoms with Crippen molar-refractivity contribution in [3.63, 3.8) is 0 Å². The van der Waals surface area contributed by atoms with Gasteiger partial charge in [0.2, 0.25) is 0 Å². The molecule has 5 aromatic rings. The van der Waals surface area contributed by atoms with Gasteiger partial charge < -0.3 is 9.47 Å². The minimum absolute atomic E-state index is 0.117. The molecule has 0 saturated heterocycles. The van der Waals surface area contributed by atoms with Crippen LogP contribution in [0.5, 0.6) is 23.0 Å². The van der Waals surface area contributed by atoms with Crippen molar-refractivity contribution >= 4 is 45.3 Å². The number of halogens is 4. The first kappa shape index (κ1) is 36.3. The summed E-state index contributed by atoms with van der Waals surface area (Å²) in [5, 5.41) is 17.9. The largest absolute Gasteiger partial charge is 0.457 e. The molecule has 5 aromatic carbocycles. The van der Waals surface area contributed by atoms with Crippen LogP contribution < -0.4 is 14.2 Å². The Labute approximate surface area is 278 Å². The van der Waals surface area contributed by atoms with Gasteiger partial charge in [-0.25, -0.2) is 17.2 Å². The molecule has 0 radical (unpaired) electrons. The lowest BCUT2D eigenvalue weighted by atomic mass is 10.2. The van der Waals surface area contributed by atoms with E-state index in [0.717, 1.165) is 24.3 Å². The summed E-state index contributed by atoms with van der Waals surface area (Å²) in [5.74, 6) is 0.574. The molecule has 0 atom stereocenters. The van der Waals surface area contributed by atoms with E-state index in [1.165, 1.54) is 24.3 Å². The maximum atomic E-state index is 13.2. The Morgan fingerprint density at radius 3 is 1.49 bits per heavy atom. The number of nitrogens with one attached hydrogen (secondary N) is 1. The Hall–Kier alpha value is -5.18. The SMILES string of the molecule is Fc1ccccc1.N#Cc1ccc(Oc2ccc(NS(=O)(=O)c3ccc(F)cc3)c(Oc3ccc(C#N)cc3)c2)cc1.O=S(=O)(Cl)Cl. The van der Waals surface area contributed by atoms with Crippen LogP contribution in [0.25, 0.3) is 0 Å². The average molecular weight is 717 g/mol. The van der Waals surface area contributed by atoms with E-state index in [1.54, 1.807) is 72.8 Å². The summed E-state index contributed by atoms with van der Waals surface area (Å²) in [4.78, 5) is -0.124. The van der Waals surface area contributed by atoms with Crippen molar-refractivity contribution in [2.75, 3.05) is 4.72 Å². The molecule has 1 N–H and O–H groups in total. The van der Waals surface area contributed by atoms with Crippen LogP contribution in [0.4, 0.5) is 14.5 Å². The summed E-state index contributed by atoms with van der Waals surface area (Å²) >= 11 is 0. The predicted octanol–water partition coefficient (Wildman–Crippen LogP) is 8.49. The second-order valence-electron chi connectivity index (χ2n) is 8.87. The zero-order valence-corrected chi connectivity index (χ0v) is 26.9. The second kappa shape index (κ2) is 16.9. The molecule has 5 rings (SSSR count). The minimum Gasteiger partial charge on any atom is -0.457 e. The maximum absolute atomic E-state index is 13.2. The van der Waals surface area contributed by atoms with Crippen molar-refractivity contribution in [2.45, 2.75) is 4.90 Å². The Morgan fingerprint density at radius 1 is 0.596 bits per heavy atom. The monoisotopic (exact) mass is 715 g/mol. The van der Waals surface area contributed by atoms with Gasteiger partial charge in [0.05, 0.1) is 33.8 Å². The molecule has 47 heavy (non-hydrogen) atoms. The van der Waals surface area contributed by atoms with Gasteiger partial charge in [0.1, 0.15) is 28.9 Å². The van der Waals surface area contributed by atoms with Gasteiger partial charge in [0.25, 0.3) is 10.0 Å². The van der Waals surface area contributed by atoms with E-state index in [1.807, 2.05) is 12.1 Å². The summed E-state index contributed by atoms with van der Waals surface area (Å²) in [6.45, 7) is 0. The fourth-order valence-corrected chi connectivity index (χ4v) is 4.50. The van der Waals surface area contributed by atoms with Crippen LogP contribution in [0.1, 0.15) is 11.1 Å². The molecule has 9 nitrogen and oxygen atoms in total. The molecule has 0 aliphatic heterocycles. The Bertz CT molecular complexity index is 2080. The van der Waals surface area contributed by atoms with Crippen LogP contribution in [-0.2, 0) is 18.3 Å². The number of benzene rings is 5. The first-order valence-electron chi connectivity index (χ1n) is 12.9. The van der Waals surface area contributed by atoms with Gasteiger partial charge >= 0.3 is 8.26 Å². The number of nitrogens with zero attached hydrogens (tertiary/aromatic N) is 2. The van der Waals surface area contributed by atoms with E-state index in [0.29, 0.717) is 28.4 Å². The van der Waals surface area contributed by atoms with E-state index in [-0.39, 0.29) is 22.1 Å². The molecule has 15 heteroatoms. The van der Waals surface area contributed by atoms with Gasteiger partial charge in [-0.2, -0.15) is 18.9 Å². The number of nitriles is 2. The molecular weight excluding hydrogens is 695 g/mol. The van der Waals surface area contributed by atoms with Gasteiger partial charge in [0.15, 0.2) is 5.75 Å². The van der Waals surface area contributed by atoms with Crippen LogP contribution in [-0.4, -0.2) is 16.8 Å². The smallest absolute Gasteiger partial charge is 0.317 e. The maximum Gasteiger partial charge on any atom is 0.317 e. The van der Waals surface area contributed by atoms with E-state index in [4.69, 9.17) is 28.4 Å². The molecule has 0 aromatic heterocycles.